The standard InChI is InChI=1S/C25H32N4O5/c1-16(2)22(25(34)27-15-21(30)31)29-24(33)20(14-18-11-7-4-8-12-18)28-23(32)19(26)13-17-9-5-3-6-10-17/h3-12,16,19-20,22H,13-15,26H2,1-2H3,(H,27,34)(H,28,32)(H,29,33)(H,30,31). The van der Waals surface area contributed by atoms with E-state index in [-0.39, 0.29) is 12.3 Å². The van der Waals surface area contributed by atoms with Gasteiger partial charge in [-0.2, -0.15) is 0 Å². The second kappa shape index (κ2) is 13.1. The Morgan fingerprint density at radius 1 is 0.794 bits per heavy atom. The molecule has 182 valence electrons. The number of benzene rings is 2. The third kappa shape index (κ3) is 8.67. The third-order valence-corrected chi connectivity index (χ3v) is 5.21. The van der Waals surface area contributed by atoms with Crippen molar-refractivity contribution in [1.82, 2.24) is 16.0 Å². The molecule has 0 radical (unpaired) electrons. The molecule has 0 saturated heterocycles. The van der Waals surface area contributed by atoms with Crippen molar-refractivity contribution in [2.45, 2.75) is 44.8 Å². The Bertz CT molecular complexity index is 966. The maximum Gasteiger partial charge on any atom is 0.322 e. The molecule has 34 heavy (non-hydrogen) atoms. The van der Waals surface area contributed by atoms with Crippen LogP contribution in [0.4, 0.5) is 0 Å². The molecule has 9 heteroatoms. The molecule has 0 aliphatic heterocycles. The summed E-state index contributed by atoms with van der Waals surface area (Å²) in [5, 5.41) is 16.5. The fraction of sp³-hybridized carbons (Fsp3) is 0.360. The minimum atomic E-state index is -1.19. The van der Waals surface area contributed by atoms with Gasteiger partial charge in [0, 0.05) is 6.42 Å². The lowest BCUT2D eigenvalue weighted by atomic mass is 10.00. The maximum absolute atomic E-state index is 13.2. The second-order valence-corrected chi connectivity index (χ2v) is 8.39. The zero-order chi connectivity index (χ0) is 25.1. The molecule has 9 nitrogen and oxygen atoms in total. The average Bonchev–Trinajstić information content (AvgIpc) is 2.81. The number of amides is 3. The molecule has 2 aromatic rings. The monoisotopic (exact) mass is 468 g/mol. The fourth-order valence-electron chi connectivity index (χ4n) is 3.36. The Kier molecular flexibility index (Phi) is 10.2. The Labute approximate surface area is 199 Å². The van der Waals surface area contributed by atoms with Gasteiger partial charge in [0.05, 0.1) is 6.04 Å². The topological polar surface area (TPSA) is 151 Å². The molecule has 0 bridgehead atoms. The first kappa shape index (κ1) is 26.5. The van der Waals surface area contributed by atoms with E-state index >= 15 is 0 Å². The van der Waals surface area contributed by atoms with Crippen LogP contribution in [0.1, 0.15) is 25.0 Å². The lowest BCUT2D eigenvalue weighted by Crippen LogP contribution is -2.58. The van der Waals surface area contributed by atoms with Gasteiger partial charge in [0.2, 0.25) is 17.7 Å². The molecule has 0 heterocycles. The van der Waals surface area contributed by atoms with E-state index in [4.69, 9.17) is 10.8 Å². The highest BCUT2D eigenvalue weighted by Gasteiger charge is 2.30. The lowest BCUT2D eigenvalue weighted by molar-refractivity contribution is -0.139. The van der Waals surface area contributed by atoms with Gasteiger partial charge in [-0.1, -0.05) is 74.5 Å². The first-order valence-electron chi connectivity index (χ1n) is 11.1. The maximum atomic E-state index is 13.2. The van der Waals surface area contributed by atoms with Gasteiger partial charge in [-0.05, 0) is 23.5 Å². The summed E-state index contributed by atoms with van der Waals surface area (Å²) >= 11 is 0. The molecule has 0 spiro atoms. The van der Waals surface area contributed by atoms with Gasteiger partial charge in [-0.25, -0.2) is 0 Å². The summed E-state index contributed by atoms with van der Waals surface area (Å²) < 4.78 is 0. The molecular weight excluding hydrogens is 436 g/mol. The van der Waals surface area contributed by atoms with E-state index < -0.39 is 48.4 Å². The molecule has 0 aromatic heterocycles. The SMILES string of the molecule is CC(C)C(NC(=O)C(Cc1ccccc1)NC(=O)C(N)Cc1ccccc1)C(=O)NCC(=O)O. The van der Waals surface area contributed by atoms with Gasteiger partial charge in [-0.15, -0.1) is 0 Å². The van der Waals surface area contributed by atoms with Crippen LogP contribution in [-0.2, 0) is 32.0 Å². The van der Waals surface area contributed by atoms with Gasteiger partial charge < -0.3 is 26.8 Å². The van der Waals surface area contributed by atoms with Crippen LogP contribution < -0.4 is 21.7 Å². The number of nitrogens with one attached hydrogen (secondary N) is 3. The highest BCUT2D eigenvalue weighted by molar-refractivity contribution is 5.94. The Morgan fingerprint density at radius 2 is 1.32 bits per heavy atom. The van der Waals surface area contributed by atoms with Crippen LogP contribution in [0.3, 0.4) is 0 Å². The minimum Gasteiger partial charge on any atom is -0.480 e. The zero-order valence-electron chi connectivity index (χ0n) is 19.4. The number of hydrogen-bond donors (Lipinski definition) is 5. The normalized spacial score (nSPS) is 13.4. The van der Waals surface area contributed by atoms with Gasteiger partial charge in [-0.3, -0.25) is 19.2 Å². The summed E-state index contributed by atoms with van der Waals surface area (Å²) in [5.74, 6) is -3.17. The smallest absolute Gasteiger partial charge is 0.322 e. The number of hydrogen-bond acceptors (Lipinski definition) is 5. The minimum absolute atomic E-state index is 0.192. The Morgan fingerprint density at radius 3 is 1.82 bits per heavy atom. The number of carboxylic acid groups (broad SMARTS) is 1. The molecule has 3 unspecified atom stereocenters. The summed E-state index contributed by atoms with van der Waals surface area (Å²) in [7, 11) is 0. The number of carbonyl (C=O) groups is 4. The van der Waals surface area contributed by atoms with Crippen LogP contribution in [0.15, 0.2) is 60.7 Å². The molecule has 6 N–H and O–H groups in total. The van der Waals surface area contributed by atoms with E-state index in [1.807, 2.05) is 60.7 Å². The summed E-state index contributed by atoms with van der Waals surface area (Å²) in [6.07, 6.45) is 0.497. The molecule has 0 aliphatic rings. The molecule has 3 amide bonds. The number of carboxylic acids is 1. The quantitative estimate of drug-likeness (QED) is 0.308. The zero-order valence-corrected chi connectivity index (χ0v) is 19.4. The first-order chi connectivity index (χ1) is 16.2. The van der Waals surface area contributed by atoms with Crippen LogP contribution in [0.2, 0.25) is 0 Å². The van der Waals surface area contributed by atoms with Gasteiger partial charge in [0.15, 0.2) is 0 Å². The molecule has 2 rings (SSSR count). The molecule has 0 aliphatic carbocycles. The van der Waals surface area contributed by atoms with Crippen molar-refractivity contribution in [3.05, 3.63) is 71.8 Å². The third-order valence-electron chi connectivity index (χ3n) is 5.21. The first-order valence-corrected chi connectivity index (χ1v) is 11.1. The van der Waals surface area contributed by atoms with E-state index in [1.54, 1.807) is 13.8 Å². The van der Waals surface area contributed by atoms with Gasteiger partial charge in [0.25, 0.3) is 0 Å². The van der Waals surface area contributed by atoms with Crippen LogP contribution in [-0.4, -0.2) is 53.5 Å². The number of aliphatic carboxylic acids is 1. The Balaban J connectivity index is 2.14. The molecule has 0 saturated carbocycles. The number of carbonyl (C=O) groups excluding carboxylic acids is 3. The highest BCUT2D eigenvalue weighted by Crippen LogP contribution is 2.08. The summed E-state index contributed by atoms with van der Waals surface area (Å²) in [6.45, 7) is 2.90. The fourth-order valence-corrected chi connectivity index (χ4v) is 3.36. The van der Waals surface area contributed by atoms with E-state index in [2.05, 4.69) is 16.0 Å². The van der Waals surface area contributed by atoms with Crippen LogP contribution in [0, 0.1) is 5.92 Å². The van der Waals surface area contributed by atoms with Crippen molar-refractivity contribution in [3.63, 3.8) is 0 Å². The lowest BCUT2D eigenvalue weighted by Gasteiger charge is -2.26. The van der Waals surface area contributed by atoms with Crippen LogP contribution >= 0.6 is 0 Å². The largest absolute Gasteiger partial charge is 0.480 e. The number of rotatable bonds is 12. The van der Waals surface area contributed by atoms with E-state index in [1.165, 1.54) is 0 Å². The predicted molar refractivity (Wildman–Crippen MR) is 128 cm³/mol. The van der Waals surface area contributed by atoms with Gasteiger partial charge >= 0.3 is 5.97 Å². The van der Waals surface area contributed by atoms with E-state index in [0.29, 0.717) is 6.42 Å². The van der Waals surface area contributed by atoms with Crippen molar-refractivity contribution >= 4 is 23.7 Å². The number of nitrogens with two attached hydrogens (primary N) is 1. The molecule has 2 aromatic carbocycles. The van der Waals surface area contributed by atoms with E-state index in [0.717, 1.165) is 11.1 Å². The summed E-state index contributed by atoms with van der Waals surface area (Å²) in [6, 6.07) is 15.6. The van der Waals surface area contributed by atoms with Crippen molar-refractivity contribution in [3.8, 4) is 0 Å². The van der Waals surface area contributed by atoms with Crippen LogP contribution in [0.5, 0.6) is 0 Å². The highest BCUT2D eigenvalue weighted by atomic mass is 16.4. The molecule has 3 atom stereocenters. The van der Waals surface area contributed by atoms with Gasteiger partial charge in [0.1, 0.15) is 18.6 Å². The summed E-state index contributed by atoms with van der Waals surface area (Å²) in [5.41, 5.74) is 7.80. The van der Waals surface area contributed by atoms with E-state index in [9.17, 15) is 19.2 Å². The van der Waals surface area contributed by atoms with Crippen molar-refractivity contribution in [2.24, 2.45) is 11.7 Å². The second-order valence-electron chi connectivity index (χ2n) is 8.39. The van der Waals surface area contributed by atoms with Crippen molar-refractivity contribution in [2.75, 3.05) is 6.54 Å². The van der Waals surface area contributed by atoms with Crippen LogP contribution in [0.25, 0.3) is 0 Å². The predicted octanol–water partition coefficient (Wildman–Crippen LogP) is 0.626. The Hall–Kier alpha value is -3.72. The molecular formula is C25H32N4O5. The average molecular weight is 469 g/mol. The summed E-state index contributed by atoms with van der Waals surface area (Å²) in [4.78, 5) is 49.2. The van der Waals surface area contributed by atoms with Crippen molar-refractivity contribution in [1.29, 1.82) is 0 Å². The van der Waals surface area contributed by atoms with Crippen molar-refractivity contribution < 1.29 is 24.3 Å². The molecule has 0 fully saturated rings.